The molecule has 1 aromatic carbocycles. The summed E-state index contributed by atoms with van der Waals surface area (Å²) in [5, 5.41) is 0. The third-order valence-electron chi connectivity index (χ3n) is 3.93. The summed E-state index contributed by atoms with van der Waals surface area (Å²) < 4.78 is 0. The van der Waals surface area contributed by atoms with Crippen molar-refractivity contribution in [3.63, 3.8) is 0 Å². The van der Waals surface area contributed by atoms with Crippen molar-refractivity contribution in [2.45, 2.75) is 46.1 Å². The molecule has 0 aliphatic carbocycles. The minimum atomic E-state index is 0.0861. The van der Waals surface area contributed by atoms with Crippen molar-refractivity contribution >= 4 is 0 Å². The molecule has 0 fully saturated rings. The van der Waals surface area contributed by atoms with Gasteiger partial charge in [0.1, 0.15) is 0 Å². The van der Waals surface area contributed by atoms with Gasteiger partial charge in [-0.3, -0.25) is 16.3 Å². The second kappa shape index (κ2) is 6.83. The minimum Gasteiger partial charge on any atom is -0.271 e. The lowest BCUT2D eigenvalue weighted by Crippen LogP contribution is -2.30. The Morgan fingerprint density at radius 2 is 1.71 bits per heavy atom. The quantitative estimate of drug-likeness (QED) is 0.651. The first kappa shape index (κ1) is 15.7. The summed E-state index contributed by atoms with van der Waals surface area (Å²) in [6.07, 6.45) is 0.862. The Labute approximate surface area is 127 Å². The Morgan fingerprint density at radius 1 is 1.05 bits per heavy atom. The first-order chi connectivity index (χ1) is 10.0. The molecule has 0 saturated heterocycles. The standard InChI is InChI=1S/C18H25N3/c1-12(2)16-8-6-15(7-9-16)11-18(21-19)17-10-5-13(3)20-14(17)4/h5-10,12,18,21H,11,19H2,1-4H3. The highest BCUT2D eigenvalue weighted by Crippen LogP contribution is 2.22. The molecule has 3 N–H and O–H groups in total. The van der Waals surface area contributed by atoms with Crippen LogP contribution < -0.4 is 11.3 Å². The van der Waals surface area contributed by atoms with E-state index in [1.54, 1.807) is 0 Å². The average Bonchev–Trinajstić information content (AvgIpc) is 2.46. The highest BCUT2D eigenvalue weighted by Gasteiger charge is 2.14. The van der Waals surface area contributed by atoms with Crippen molar-refractivity contribution in [1.29, 1.82) is 0 Å². The zero-order valence-corrected chi connectivity index (χ0v) is 13.4. The van der Waals surface area contributed by atoms with Crippen LogP contribution in [-0.4, -0.2) is 4.98 Å². The van der Waals surface area contributed by atoms with Crippen molar-refractivity contribution in [3.8, 4) is 0 Å². The van der Waals surface area contributed by atoms with E-state index in [1.165, 1.54) is 11.1 Å². The summed E-state index contributed by atoms with van der Waals surface area (Å²) in [6.45, 7) is 8.46. The number of pyridine rings is 1. The minimum absolute atomic E-state index is 0.0861. The smallest absolute Gasteiger partial charge is 0.0518 e. The van der Waals surface area contributed by atoms with Crippen LogP contribution in [0.3, 0.4) is 0 Å². The average molecular weight is 283 g/mol. The second-order valence-corrected chi connectivity index (χ2v) is 5.95. The molecule has 2 rings (SSSR count). The van der Waals surface area contributed by atoms with Gasteiger partial charge in [0.05, 0.1) is 6.04 Å². The number of benzene rings is 1. The van der Waals surface area contributed by atoms with E-state index < -0.39 is 0 Å². The SMILES string of the molecule is Cc1ccc(C(Cc2ccc(C(C)C)cc2)NN)c(C)n1. The second-order valence-electron chi connectivity index (χ2n) is 5.95. The van der Waals surface area contributed by atoms with Gasteiger partial charge in [-0.15, -0.1) is 0 Å². The van der Waals surface area contributed by atoms with E-state index in [9.17, 15) is 0 Å². The molecule has 112 valence electrons. The predicted molar refractivity (Wildman–Crippen MR) is 88.0 cm³/mol. The predicted octanol–water partition coefficient (Wildman–Crippen LogP) is 3.57. The molecular formula is C18H25N3. The van der Waals surface area contributed by atoms with Crippen LogP contribution >= 0.6 is 0 Å². The van der Waals surface area contributed by atoms with Crippen LogP contribution in [0.1, 0.15) is 53.9 Å². The lowest BCUT2D eigenvalue weighted by Gasteiger charge is -2.19. The Hall–Kier alpha value is -1.71. The molecule has 2 aromatic rings. The first-order valence-corrected chi connectivity index (χ1v) is 7.50. The summed E-state index contributed by atoms with van der Waals surface area (Å²) >= 11 is 0. The largest absolute Gasteiger partial charge is 0.271 e. The Bertz CT molecular complexity index is 588. The highest BCUT2D eigenvalue weighted by atomic mass is 15.2. The van der Waals surface area contributed by atoms with Crippen LogP contribution in [0.5, 0.6) is 0 Å². The maximum atomic E-state index is 5.76. The van der Waals surface area contributed by atoms with E-state index in [4.69, 9.17) is 5.84 Å². The van der Waals surface area contributed by atoms with Crippen molar-refractivity contribution in [2.24, 2.45) is 5.84 Å². The third kappa shape index (κ3) is 3.90. The Balaban J connectivity index is 2.18. The molecule has 0 aliphatic heterocycles. The van der Waals surface area contributed by atoms with Gasteiger partial charge in [-0.1, -0.05) is 44.2 Å². The highest BCUT2D eigenvalue weighted by molar-refractivity contribution is 5.30. The summed E-state index contributed by atoms with van der Waals surface area (Å²) in [5.74, 6) is 6.32. The van der Waals surface area contributed by atoms with Gasteiger partial charge in [-0.05, 0) is 48.9 Å². The molecular weight excluding hydrogens is 258 g/mol. The van der Waals surface area contributed by atoms with Crippen LogP contribution in [0.4, 0.5) is 0 Å². The zero-order chi connectivity index (χ0) is 15.4. The number of hydrogen-bond acceptors (Lipinski definition) is 3. The van der Waals surface area contributed by atoms with E-state index in [-0.39, 0.29) is 6.04 Å². The number of aryl methyl sites for hydroxylation is 2. The molecule has 0 amide bonds. The van der Waals surface area contributed by atoms with Gasteiger partial charge in [-0.25, -0.2) is 0 Å². The van der Waals surface area contributed by atoms with E-state index in [1.807, 2.05) is 19.9 Å². The number of nitrogens with zero attached hydrogens (tertiary/aromatic N) is 1. The Morgan fingerprint density at radius 3 is 2.24 bits per heavy atom. The molecule has 3 nitrogen and oxygen atoms in total. The summed E-state index contributed by atoms with van der Waals surface area (Å²) in [4.78, 5) is 4.53. The normalized spacial score (nSPS) is 12.7. The molecule has 1 heterocycles. The van der Waals surface area contributed by atoms with Gasteiger partial charge in [0, 0.05) is 11.4 Å². The fourth-order valence-electron chi connectivity index (χ4n) is 2.60. The van der Waals surface area contributed by atoms with Gasteiger partial charge >= 0.3 is 0 Å². The number of nitrogens with one attached hydrogen (secondary N) is 1. The monoisotopic (exact) mass is 283 g/mol. The molecule has 1 unspecified atom stereocenters. The van der Waals surface area contributed by atoms with Crippen molar-refractivity contribution in [3.05, 3.63) is 64.5 Å². The molecule has 1 atom stereocenters. The molecule has 0 aliphatic rings. The lowest BCUT2D eigenvalue weighted by atomic mass is 9.95. The van der Waals surface area contributed by atoms with E-state index in [2.05, 4.69) is 54.6 Å². The lowest BCUT2D eigenvalue weighted by molar-refractivity contribution is 0.546. The molecule has 0 bridgehead atoms. The number of aromatic nitrogens is 1. The number of hydrogen-bond donors (Lipinski definition) is 2. The van der Waals surface area contributed by atoms with Gasteiger partial charge in [0.25, 0.3) is 0 Å². The van der Waals surface area contributed by atoms with E-state index in [0.29, 0.717) is 5.92 Å². The number of hydrazine groups is 1. The van der Waals surface area contributed by atoms with Crippen LogP contribution in [0.25, 0.3) is 0 Å². The van der Waals surface area contributed by atoms with Gasteiger partial charge in [0.2, 0.25) is 0 Å². The fourth-order valence-corrected chi connectivity index (χ4v) is 2.60. The van der Waals surface area contributed by atoms with Gasteiger partial charge in [0.15, 0.2) is 0 Å². The molecule has 0 saturated carbocycles. The molecule has 0 radical (unpaired) electrons. The van der Waals surface area contributed by atoms with Crippen molar-refractivity contribution in [2.75, 3.05) is 0 Å². The molecule has 1 aromatic heterocycles. The van der Waals surface area contributed by atoms with Crippen LogP contribution in [-0.2, 0) is 6.42 Å². The topological polar surface area (TPSA) is 50.9 Å². The number of rotatable bonds is 5. The van der Waals surface area contributed by atoms with Gasteiger partial charge in [-0.2, -0.15) is 0 Å². The maximum Gasteiger partial charge on any atom is 0.0518 e. The summed E-state index contributed by atoms with van der Waals surface area (Å²) in [6, 6.07) is 13.0. The third-order valence-corrected chi connectivity index (χ3v) is 3.93. The molecule has 3 heteroatoms. The van der Waals surface area contributed by atoms with Crippen LogP contribution in [0.15, 0.2) is 36.4 Å². The van der Waals surface area contributed by atoms with Crippen LogP contribution in [0, 0.1) is 13.8 Å². The van der Waals surface area contributed by atoms with Crippen LogP contribution in [0.2, 0.25) is 0 Å². The summed E-state index contributed by atoms with van der Waals surface area (Å²) in [7, 11) is 0. The van der Waals surface area contributed by atoms with Gasteiger partial charge < -0.3 is 0 Å². The zero-order valence-electron chi connectivity index (χ0n) is 13.4. The molecule has 21 heavy (non-hydrogen) atoms. The number of nitrogens with two attached hydrogens (primary N) is 1. The molecule has 0 spiro atoms. The first-order valence-electron chi connectivity index (χ1n) is 7.50. The van der Waals surface area contributed by atoms with E-state index >= 15 is 0 Å². The van der Waals surface area contributed by atoms with Crippen molar-refractivity contribution in [1.82, 2.24) is 10.4 Å². The van der Waals surface area contributed by atoms with Crippen molar-refractivity contribution < 1.29 is 0 Å². The van der Waals surface area contributed by atoms with E-state index in [0.717, 1.165) is 23.4 Å². The fraction of sp³-hybridized carbons (Fsp3) is 0.389. The summed E-state index contributed by atoms with van der Waals surface area (Å²) in [5.41, 5.74) is 8.81. The maximum absolute atomic E-state index is 5.76. The Kier molecular flexibility index (Phi) is 5.10.